The van der Waals surface area contributed by atoms with Crippen LogP contribution >= 0.6 is 0 Å². The minimum absolute atomic E-state index is 0.0203. The molecule has 0 unspecified atom stereocenters. The van der Waals surface area contributed by atoms with Gasteiger partial charge >= 0.3 is 0 Å². The van der Waals surface area contributed by atoms with E-state index >= 15 is 0 Å². The van der Waals surface area contributed by atoms with E-state index in [9.17, 15) is 14.4 Å². The molecule has 1 amide bonds. The third-order valence-corrected chi connectivity index (χ3v) is 4.73. The highest BCUT2D eigenvalue weighted by Crippen LogP contribution is 2.32. The van der Waals surface area contributed by atoms with Crippen LogP contribution in [-0.4, -0.2) is 28.4 Å². The Labute approximate surface area is 159 Å². The number of nitrogens with two attached hydrogens (primary N) is 1. The summed E-state index contributed by atoms with van der Waals surface area (Å²) in [7, 11) is 1.36. The lowest BCUT2D eigenvalue weighted by Gasteiger charge is -2.11. The fourth-order valence-corrected chi connectivity index (χ4v) is 3.45. The average Bonchev–Trinajstić information content (AvgIpc) is 3.12. The summed E-state index contributed by atoms with van der Waals surface area (Å²) in [5, 5.41) is 0.875. The fraction of sp³-hybridized carbons (Fsp3) is 0.0952. The van der Waals surface area contributed by atoms with Gasteiger partial charge in [0.1, 0.15) is 11.1 Å². The summed E-state index contributed by atoms with van der Waals surface area (Å²) in [6, 6.07) is 15.9. The van der Waals surface area contributed by atoms with E-state index < -0.39 is 11.5 Å². The number of nitrogens with zero attached hydrogens (tertiary/aromatic N) is 1. The van der Waals surface area contributed by atoms with Gasteiger partial charge in [-0.25, -0.2) is 0 Å². The quantitative estimate of drug-likeness (QED) is 0.523. The van der Waals surface area contributed by atoms with Gasteiger partial charge in [0.2, 0.25) is 0 Å². The second-order valence-corrected chi connectivity index (χ2v) is 6.35. The van der Waals surface area contributed by atoms with Gasteiger partial charge in [-0.15, -0.1) is 0 Å². The molecule has 0 spiro atoms. The molecule has 140 valence electrons. The van der Waals surface area contributed by atoms with E-state index in [4.69, 9.17) is 10.5 Å². The molecule has 0 radical (unpaired) electrons. The van der Waals surface area contributed by atoms with Crippen LogP contribution in [0.1, 0.15) is 20.8 Å². The molecule has 4 rings (SSSR count). The summed E-state index contributed by atoms with van der Waals surface area (Å²) in [6.45, 7) is -0.139. The number of ether oxygens (including phenoxy) is 1. The number of aromatic amines is 1. The lowest BCUT2D eigenvalue weighted by atomic mass is 10.1. The number of para-hydroxylation sites is 1. The van der Waals surface area contributed by atoms with E-state index in [1.54, 1.807) is 42.5 Å². The first kappa shape index (κ1) is 17.5. The number of primary amides is 1. The van der Waals surface area contributed by atoms with Crippen LogP contribution in [0.25, 0.3) is 21.8 Å². The number of carbonyl (C=O) groups is 2. The molecule has 28 heavy (non-hydrogen) atoms. The molecule has 0 saturated carbocycles. The molecule has 7 heteroatoms. The molecule has 0 aliphatic heterocycles. The number of carbonyl (C=O) groups excluding carboxylic acids is 2. The van der Waals surface area contributed by atoms with E-state index in [0.717, 1.165) is 0 Å². The first-order valence-corrected chi connectivity index (χ1v) is 8.62. The molecule has 0 saturated heterocycles. The van der Waals surface area contributed by atoms with Gasteiger partial charge in [0.25, 0.3) is 11.5 Å². The third kappa shape index (κ3) is 2.64. The second-order valence-electron chi connectivity index (χ2n) is 6.35. The van der Waals surface area contributed by atoms with E-state index in [1.807, 2.05) is 12.1 Å². The zero-order chi connectivity index (χ0) is 19.8. The SMILES string of the molecule is COc1c(C(N)=O)[nH]c2c1c(=O)n(CC(=O)c1ccccc1)c1ccccc21. The molecule has 2 aromatic carbocycles. The number of amides is 1. The maximum Gasteiger partial charge on any atom is 0.269 e. The molecule has 0 atom stereocenters. The summed E-state index contributed by atoms with van der Waals surface area (Å²) in [5.41, 5.74) is 6.56. The van der Waals surface area contributed by atoms with Crippen molar-refractivity contribution in [3.05, 3.63) is 76.2 Å². The summed E-state index contributed by atoms with van der Waals surface area (Å²) >= 11 is 0. The number of pyridine rings is 1. The van der Waals surface area contributed by atoms with E-state index in [2.05, 4.69) is 4.98 Å². The van der Waals surface area contributed by atoms with Gasteiger partial charge in [-0.3, -0.25) is 19.0 Å². The number of hydrogen-bond donors (Lipinski definition) is 2. The van der Waals surface area contributed by atoms with E-state index in [-0.39, 0.29) is 29.2 Å². The Balaban J connectivity index is 2.02. The van der Waals surface area contributed by atoms with Crippen LogP contribution in [0.3, 0.4) is 0 Å². The summed E-state index contributed by atoms with van der Waals surface area (Å²) in [5.74, 6) is -0.848. The lowest BCUT2D eigenvalue weighted by Crippen LogP contribution is -2.25. The molecule has 4 aromatic rings. The molecule has 2 heterocycles. The van der Waals surface area contributed by atoms with Crippen molar-refractivity contribution in [2.45, 2.75) is 6.54 Å². The number of ketones is 1. The molecular weight excluding hydrogens is 358 g/mol. The number of fused-ring (bicyclic) bond motifs is 3. The molecular formula is C21H17N3O4. The first-order valence-electron chi connectivity index (χ1n) is 8.62. The zero-order valence-electron chi connectivity index (χ0n) is 15.1. The number of aromatic nitrogens is 2. The maximum atomic E-state index is 13.3. The number of H-pyrrole nitrogens is 1. The monoisotopic (exact) mass is 375 g/mol. The topological polar surface area (TPSA) is 107 Å². The highest BCUT2D eigenvalue weighted by molar-refractivity contribution is 6.11. The summed E-state index contributed by atoms with van der Waals surface area (Å²) < 4.78 is 6.70. The van der Waals surface area contributed by atoms with Crippen LogP contribution in [0, 0.1) is 0 Å². The highest BCUT2D eigenvalue weighted by atomic mass is 16.5. The number of Topliss-reactive ketones (excluding diaryl/α,β-unsaturated/α-hetero) is 1. The fourth-order valence-electron chi connectivity index (χ4n) is 3.45. The van der Waals surface area contributed by atoms with Gasteiger partial charge < -0.3 is 15.5 Å². The van der Waals surface area contributed by atoms with E-state index in [1.165, 1.54) is 11.7 Å². The second kappa shape index (κ2) is 6.70. The van der Waals surface area contributed by atoms with Crippen molar-refractivity contribution in [1.82, 2.24) is 9.55 Å². The minimum Gasteiger partial charge on any atom is -0.493 e. The van der Waals surface area contributed by atoms with Crippen molar-refractivity contribution in [3.63, 3.8) is 0 Å². The summed E-state index contributed by atoms with van der Waals surface area (Å²) in [4.78, 5) is 40.7. The normalized spacial score (nSPS) is 11.0. The Bertz CT molecular complexity index is 1290. The predicted molar refractivity (Wildman–Crippen MR) is 106 cm³/mol. The minimum atomic E-state index is -0.733. The molecule has 0 aliphatic rings. The van der Waals surface area contributed by atoms with Crippen molar-refractivity contribution in [2.75, 3.05) is 7.11 Å². The van der Waals surface area contributed by atoms with Crippen LogP contribution in [0.4, 0.5) is 0 Å². The average molecular weight is 375 g/mol. The van der Waals surface area contributed by atoms with Gasteiger partial charge in [-0.1, -0.05) is 48.5 Å². The van der Waals surface area contributed by atoms with Crippen molar-refractivity contribution in [2.24, 2.45) is 5.73 Å². The highest BCUT2D eigenvalue weighted by Gasteiger charge is 2.23. The van der Waals surface area contributed by atoms with Crippen molar-refractivity contribution < 1.29 is 14.3 Å². The van der Waals surface area contributed by atoms with E-state index in [0.29, 0.717) is 22.0 Å². The number of benzene rings is 2. The molecule has 3 N–H and O–H groups in total. The number of hydrogen-bond acceptors (Lipinski definition) is 4. The van der Waals surface area contributed by atoms with Crippen molar-refractivity contribution in [3.8, 4) is 5.75 Å². The summed E-state index contributed by atoms with van der Waals surface area (Å²) in [6.07, 6.45) is 0. The molecule has 0 bridgehead atoms. The smallest absolute Gasteiger partial charge is 0.269 e. The Morgan fingerprint density at radius 1 is 1.07 bits per heavy atom. The number of rotatable bonds is 5. The molecule has 7 nitrogen and oxygen atoms in total. The Kier molecular flexibility index (Phi) is 4.19. The maximum absolute atomic E-state index is 13.3. The number of nitrogens with one attached hydrogen (secondary N) is 1. The van der Waals surface area contributed by atoms with Gasteiger partial charge in [-0.2, -0.15) is 0 Å². The van der Waals surface area contributed by atoms with Crippen LogP contribution in [0.15, 0.2) is 59.4 Å². The van der Waals surface area contributed by atoms with Gasteiger partial charge in [-0.05, 0) is 6.07 Å². The molecule has 0 fully saturated rings. The van der Waals surface area contributed by atoms with Gasteiger partial charge in [0, 0.05) is 10.9 Å². The molecule has 2 aromatic heterocycles. The van der Waals surface area contributed by atoms with Crippen LogP contribution < -0.4 is 16.0 Å². The Hall–Kier alpha value is -3.87. The Morgan fingerprint density at radius 2 is 1.75 bits per heavy atom. The number of methoxy groups -OCH3 is 1. The van der Waals surface area contributed by atoms with Crippen molar-refractivity contribution in [1.29, 1.82) is 0 Å². The van der Waals surface area contributed by atoms with Crippen molar-refractivity contribution >= 4 is 33.5 Å². The van der Waals surface area contributed by atoms with Gasteiger partial charge in [0.05, 0.1) is 24.7 Å². The Morgan fingerprint density at radius 3 is 2.43 bits per heavy atom. The molecule has 0 aliphatic carbocycles. The van der Waals surface area contributed by atoms with Crippen LogP contribution in [-0.2, 0) is 6.54 Å². The third-order valence-electron chi connectivity index (χ3n) is 4.73. The standard InChI is InChI=1S/C21H17N3O4/c1-28-19-16-17(23-18(19)20(22)26)13-9-5-6-10-14(13)24(21(16)27)11-15(25)12-7-3-2-4-8-12/h2-10,23H,11H2,1H3,(H2,22,26). The van der Waals surface area contributed by atoms with Crippen LogP contribution in [0.5, 0.6) is 5.75 Å². The lowest BCUT2D eigenvalue weighted by molar-refractivity contribution is 0.0969. The first-order chi connectivity index (χ1) is 13.5. The predicted octanol–water partition coefficient (Wildman–Crippen LogP) is 2.47. The van der Waals surface area contributed by atoms with Gasteiger partial charge in [0.15, 0.2) is 11.5 Å². The van der Waals surface area contributed by atoms with Crippen LogP contribution in [0.2, 0.25) is 0 Å². The zero-order valence-corrected chi connectivity index (χ0v) is 15.1. The largest absolute Gasteiger partial charge is 0.493 e.